The molecule has 1 atom stereocenters. The van der Waals surface area contributed by atoms with Crippen LogP contribution in [0.2, 0.25) is 0 Å². The Hall–Kier alpha value is -1.18. The Morgan fingerprint density at radius 3 is 3.14 bits per heavy atom. The Balaban J connectivity index is 1.60. The van der Waals surface area contributed by atoms with E-state index in [9.17, 15) is 9.90 Å². The third-order valence-electron chi connectivity index (χ3n) is 3.82. The zero-order valence-corrected chi connectivity index (χ0v) is 13.3. The van der Waals surface area contributed by atoms with Crippen LogP contribution in [0.4, 0.5) is 5.13 Å². The van der Waals surface area contributed by atoms with Gasteiger partial charge in [0, 0.05) is 25.0 Å². The molecule has 1 saturated heterocycles. The molecule has 21 heavy (non-hydrogen) atoms. The highest BCUT2D eigenvalue weighted by atomic mass is 32.1. The zero-order chi connectivity index (χ0) is 15.1. The number of hydrogen-bond donors (Lipinski definition) is 3. The first-order chi connectivity index (χ1) is 10.2. The maximum atomic E-state index is 11.9. The number of unbranched alkanes of at least 4 members (excludes halogenated alkanes) is 1. The topological polar surface area (TPSA) is 77.5 Å². The fourth-order valence-electron chi connectivity index (χ4n) is 2.62. The van der Waals surface area contributed by atoms with E-state index in [-0.39, 0.29) is 12.5 Å². The second-order valence-electron chi connectivity index (χ2n) is 5.27. The number of nitrogens with one attached hydrogen (secondary N) is 2. The molecule has 1 fully saturated rings. The van der Waals surface area contributed by atoms with Crippen molar-refractivity contribution < 1.29 is 9.90 Å². The Morgan fingerprint density at radius 1 is 1.57 bits per heavy atom. The molecular formula is C14H24N4O2S. The first-order valence-electron chi connectivity index (χ1n) is 7.51. The van der Waals surface area contributed by atoms with E-state index in [1.807, 2.05) is 0 Å². The predicted molar refractivity (Wildman–Crippen MR) is 84.9 cm³/mol. The van der Waals surface area contributed by atoms with Gasteiger partial charge in [0.1, 0.15) is 5.69 Å². The van der Waals surface area contributed by atoms with Crippen LogP contribution in [0.1, 0.15) is 36.2 Å². The SMILES string of the molecule is CNc1nc(C(=O)NCCCCN2CCCC2CO)cs1. The van der Waals surface area contributed by atoms with Crippen molar-refractivity contribution in [2.24, 2.45) is 0 Å². The van der Waals surface area contributed by atoms with Crippen LogP contribution in [0, 0.1) is 0 Å². The van der Waals surface area contributed by atoms with Crippen LogP contribution < -0.4 is 10.6 Å². The summed E-state index contributed by atoms with van der Waals surface area (Å²) in [6.45, 7) is 3.02. The number of carbonyl (C=O) groups is 1. The highest BCUT2D eigenvalue weighted by Gasteiger charge is 2.22. The predicted octanol–water partition coefficient (Wildman–Crippen LogP) is 1.15. The number of thiazole rings is 1. The summed E-state index contributed by atoms with van der Waals surface area (Å²) in [5, 5.41) is 17.6. The Kier molecular flexibility index (Phi) is 6.41. The molecule has 7 heteroatoms. The molecule has 0 bridgehead atoms. The van der Waals surface area contributed by atoms with Crippen molar-refractivity contribution in [1.82, 2.24) is 15.2 Å². The lowest BCUT2D eigenvalue weighted by atomic mass is 10.2. The lowest BCUT2D eigenvalue weighted by molar-refractivity contribution is 0.0948. The van der Waals surface area contributed by atoms with E-state index in [1.165, 1.54) is 17.8 Å². The van der Waals surface area contributed by atoms with Crippen molar-refractivity contribution in [3.8, 4) is 0 Å². The monoisotopic (exact) mass is 312 g/mol. The maximum Gasteiger partial charge on any atom is 0.270 e. The van der Waals surface area contributed by atoms with Crippen molar-refractivity contribution in [3.05, 3.63) is 11.1 Å². The summed E-state index contributed by atoms with van der Waals surface area (Å²) >= 11 is 1.43. The van der Waals surface area contributed by atoms with Gasteiger partial charge >= 0.3 is 0 Å². The van der Waals surface area contributed by atoms with E-state index < -0.39 is 0 Å². The molecule has 1 aliphatic rings. The third kappa shape index (κ3) is 4.66. The highest BCUT2D eigenvalue weighted by Crippen LogP contribution is 2.17. The normalized spacial score (nSPS) is 18.9. The van der Waals surface area contributed by atoms with Crippen LogP contribution in [0.25, 0.3) is 0 Å². The Labute approximate surface area is 129 Å². The summed E-state index contributed by atoms with van der Waals surface area (Å²) in [5.74, 6) is -0.109. The van der Waals surface area contributed by atoms with Crippen LogP contribution in [-0.4, -0.2) is 60.2 Å². The average Bonchev–Trinajstić information content (AvgIpc) is 3.15. The lowest BCUT2D eigenvalue weighted by Gasteiger charge is -2.22. The van der Waals surface area contributed by atoms with Gasteiger partial charge in [-0.05, 0) is 38.8 Å². The molecule has 0 radical (unpaired) electrons. The van der Waals surface area contributed by atoms with Gasteiger partial charge in [-0.1, -0.05) is 0 Å². The summed E-state index contributed by atoms with van der Waals surface area (Å²) in [6.07, 6.45) is 4.27. The van der Waals surface area contributed by atoms with E-state index in [0.29, 0.717) is 18.3 Å². The van der Waals surface area contributed by atoms with E-state index in [2.05, 4.69) is 20.5 Å². The van der Waals surface area contributed by atoms with Gasteiger partial charge in [0.2, 0.25) is 0 Å². The Bertz CT molecular complexity index is 452. The summed E-state index contributed by atoms with van der Waals surface area (Å²) < 4.78 is 0. The number of aliphatic hydroxyl groups excluding tert-OH is 1. The second kappa shape index (κ2) is 8.31. The molecule has 1 aromatic heterocycles. The van der Waals surface area contributed by atoms with Gasteiger partial charge in [0.05, 0.1) is 6.61 Å². The van der Waals surface area contributed by atoms with Crippen molar-refractivity contribution in [3.63, 3.8) is 0 Å². The first kappa shape index (κ1) is 16.2. The summed E-state index contributed by atoms with van der Waals surface area (Å²) in [5.41, 5.74) is 0.476. The number of aromatic nitrogens is 1. The summed E-state index contributed by atoms with van der Waals surface area (Å²) in [6, 6.07) is 0.342. The number of carbonyl (C=O) groups excluding carboxylic acids is 1. The lowest BCUT2D eigenvalue weighted by Crippen LogP contribution is -2.33. The number of likely N-dealkylation sites (tertiary alicyclic amines) is 1. The van der Waals surface area contributed by atoms with Gasteiger partial charge < -0.3 is 15.7 Å². The quantitative estimate of drug-likeness (QED) is 0.628. The fraction of sp³-hybridized carbons (Fsp3) is 0.714. The molecule has 3 N–H and O–H groups in total. The van der Waals surface area contributed by atoms with Crippen LogP contribution in [0.5, 0.6) is 0 Å². The van der Waals surface area contributed by atoms with Crippen LogP contribution >= 0.6 is 11.3 Å². The third-order valence-corrected chi connectivity index (χ3v) is 4.68. The molecule has 118 valence electrons. The molecule has 0 aliphatic carbocycles. The molecule has 1 unspecified atom stereocenters. The van der Waals surface area contributed by atoms with Gasteiger partial charge in [-0.15, -0.1) is 11.3 Å². The van der Waals surface area contributed by atoms with Gasteiger partial charge in [-0.25, -0.2) is 4.98 Å². The second-order valence-corrected chi connectivity index (χ2v) is 6.12. The van der Waals surface area contributed by atoms with Crippen molar-refractivity contribution in [1.29, 1.82) is 0 Å². The smallest absolute Gasteiger partial charge is 0.270 e. The minimum atomic E-state index is -0.109. The van der Waals surface area contributed by atoms with Gasteiger partial charge in [-0.2, -0.15) is 0 Å². The Morgan fingerprint density at radius 2 is 2.43 bits per heavy atom. The molecule has 1 aromatic rings. The van der Waals surface area contributed by atoms with Gasteiger partial charge in [-0.3, -0.25) is 9.69 Å². The van der Waals surface area contributed by atoms with Crippen molar-refractivity contribution in [2.45, 2.75) is 31.7 Å². The fourth-order valence-corrected chi connectivity index (χ4v) is 3.27. The van der Waals surface area contributed by atoms with Gasteiger partial charge in [0.15, 0.2) is 5.13 Å². The molecule has 2 rings (SSSR count). The molecular weight excluding hydrogens is 288 g/mol. The van der Waals surface area contributed by atoms with E-state index >= 15 is 0 Å². The van der Waals surface area contributed by atoms with E-state index in [0.717, 1.165) is 37.5 Å². The highest BCUT2D eigenvalue weighted by molar-refractivity contribution is 7.13. The number of hydrogen-bond acceptors (Lipinski definition) is 6. The summed E-state index contributed by atoms with van der Waals surface area (Å²) in [7, 11) is 1.79. The standard InChI is InChI=1S/C14H24N4O2S/c1-15-14-17-12(10-21-14)13(20)16-6-2-3-7-18-8-4-5-11(18)9-19/h10-11,19H,2-9H2,1H3,(H,15,17)(H,16,20). The number of aliphatic hydroxyl groups is 1. The van der Waals surface area contributed by atoms with Crippen LogP contribution in [0.3, 0.4) is 0 Å². The van der Waals surface area contributed by atoms with Crippen molar-refractivity contribution >= 4 is 22.4 Å². The van der Waals surface area contributed by atoms with Crippen LogP contribution in [-0.2, 0) is 0 Å². The van der Waals surface area contributed by atoms with Crippen LogP contribution in [0.15, 0.2) is 5.38 Å². The van der Waals surface area contributed by atoms with E-state index in [4.69, 9.17) is 0 Å². The number of rotatable bonds is 8. The minimum absolute atomic E-state index is 0.109. The van der Waals surface area contributed by atoms with Gasteiger partial charge in [0.25, 0.3) is 5.91 Å². The number of anilines is 1. The summed E-state index contributed by atoms with van der Waals surface area (Å²) in [4.78, 5) is 18.4. The average molecular weight is 312 g/mol. The molecule has 1 amide bonds. The van der Waals surface area contributed by atoms with Crippen molar-refractivity contribution in [2.75, 3.05) is 38.6 Å². The largest absolute Gasteiger partial charge is 0.395 e. The maximum absolute atomic E-state index is 11.9. The molecule has 2 heterocycles. The molecule has 6 nitrogen and oxygen atoms in total. The zero-order valence-electron chi connectivity index (χ0n) is 12.5. The number of amides is 1. The molecule has 1 aliphatic heterocycles. The minimum Gasteiger partial charge on any atom is -0.395 e. The van der Waals surface area contributed by atoms with E-state index in [1.54, 1.807) is 12.4 Å². The first-order valence-corrected chi connectivity index (χ1v) is 8.39. The molecule has 0 aromatic carbocycles. The number of nitrogens with zero attached hydrogens (tertiary/aromatic N) is 2. The molecule has 0 spiro atoms. The molecule has 0 saturated carbocycles.